The minimum absolute atomic E-state index is 0.0755. The van der Waals surface area contributed by atoms with Gasteiger partial charge in [0, 0.05) is 26.1 Å². The number of ether oxygens (including phenoxy) is 2. The van der Waals surface area contributed by atoms with Crippen LogP contribution in [-0.2, 0) is 14.3 Å². The van der Waals surface area contributed by atoms with Gasteiger partial charge < -0.3 is 19.7 Å². The van der Waals surface area contributed by atoms with Crippen LogP contribution in [0.2, 0.25) is 0 Å². The molecule has 0 radical (unpaired) electrons. The van der Waals surface area contributed by atoms with Gasteiger partial charge in [0.25, 0.3) is 0 Å². The van der Waals surface area contributed by atoms with E-state index in [0.29, 0.717) is 32.0 Å². The van der Waals surface area contributed by atoms with E-state index in [9.17, 15) is 9.59 Å². The summed E-state index contributed by atoms with van der Waals surface area (Å²) in [4.78, 5) is 25.8. The molecule has 24 heavy (non-hydrogen) atoms. The molecule has 0 aromatic heterocycles. The summed E-state index contributed by atoms with van der Waals surface area (Å²) < 4.78 is 11.3. The van der Waals surface area contributed by atoms with E-state index in [4.69, 9.17) is 9.47 Å². The number of rotatable bonds is 4. The molecule has 2 fully saturated rings. The predicted octanol–water partition coefficient (Wildman–Crippen LogP) is 2.71. The van der Waals surface area contributed by atoms with Crippen molar-refractivity contribution >= 4 is 12.0 Å². The van der Waals surface area contributed by atoms with Gasteiger partial charge in [-0.05, 0) is 52.4 Å². The van der Waals surface area contributed by atoms with E-state index >= 15 is 0 Å². The third-order valence-electron chi connectivity index (χ3n) is 4.62. The minimum atomic E-state index is -0.461. The number of nitrogens with zero attached hydrogens (tertiary/aromatic N) is 1. The van der Waals surface area contributed by atoms with E-state index in [1.54, 1.807) is 4.90 Å². The topological polar surface area (TPSA) is 67.9 Å². The number of hydrogen-bond donors (Lipinski definition) is 1. The Hall–Kier alpha value is -1.30. The molecule has 2 saturated heterocycles. The summed E-state index contributed by atoms with van der Waals surface area (Å²) in [6.45, 7) is 9.74. The predicted molar refractivity (Wildman–Crippen MR) is 91.7 cm³/mol. The second kappa shape index (κ2) is 8.19. The highest BCUT2D eigenvalue weighted by Crippen LogP contribution is 2.30. The number of amides is 2. The molecule has 2 rings (SSSR count). The van der Waals surface area contributed by atoms with Gasteiger partial charge in [0.1, 0.15) is 5.60 Å². The molecular formula is C18H32N2O4. The summed E-state index contributed by atoms with van der Waals surface area (Å²) in [5, 5.41) is 3.12. The van der Waals surface area contributed by atoms with Crippen molar-refractivity contribution in [3.05, 3.63) is 0 Å². The van der Waals surface area contributed by atoms with Crippen LogP contribution in [0.1, 0.15) is 59.8 Å². The van der Waals surface area contributed by atoms with Crippen LogP contribution < -0.4 is 5.32 Å². The number of nitrogens with one attached hydrogen (secondary N) is 1. The lowest BCUT2D eigenvalue weighted by Crippen LogP contribution is -2.48. The zero-order chi connectivity index (χ0) is 17.7. The van der Waals surface area contributed by atoms with E-state index in [-0.39, 0.29) is 24.1 Å². The highest BCUT2D eigenvalue weighted by Gasteiger charge is 2.38. The van der Waals surface area contributed by atoms with Gasteiger partial charge in [0.2, 0.25) is 5.91 Å². The Morgan fingerprint density at radius 1 is 1.21 bits per heavy atom. The molecule has 2 amide bonds. The number of carbonyl (C=O) groups excluding carboxylic acids is 2. The zero-order valence-electron chi connectivity index (χ0n) is 15.5. The largest absolute Gasteiger partial charge is 0.444 e. The van der Waals surface area contributed by atoms with Crippen LogP contribution in [0.25, 0.3) is 0 Å². The quantitative estimate of drug-likeness (QED) is 0.854. The molecule has 2 aliphatic heterocycles. The Morgan fingerprint density at radius 3 is 2.46 bits per heavy atom. The molecule has 0 bridgehead atoms. The first kappa shape index (κ1) is 19.0. The normalized spacial score (nSPS) is 25.6. The summed E-state index contributed by atoms with van der Waals surface area (Å²) in [6, 6.07) is 0.113. The highest BCUT2D eigenvalue weighted by molar-refractivity contribution is 5.76. The second-order valence-electron chi connectivity index (χ2n) is 7.85. The molecule has 1 N–H and O–H groups in total. The van der Waals surface area contributed by atoms with E-state index in [0.717, 1.165) is 25.7 Å². The lowest BCUT2D eigenvalue weighted by molar-refractivity contribution is -0.122. The third-order valence-corrected chi connectivity index (χ3v) is 4.62. The van der Waals surface area contributed by atoms with Crippen molar-refractivity contribution < 1.29 is 19.1 Å². The van der Waals surface area contributed by atoms with Crippen LogP contribution in [-0.4, -0.2) is 54.3 Å². The molecule has 2 aliphatic rings. The van der Waals surface area contributed by atoms with Gasteiger partial charge in [-0.2, -0.15) is 0 Å². The smallest absolute Gasteiger partial charge is 0.410 e. The summed E-state index contributed by atoms with van der Waals surface area (Å²) in [5.74, 6) is 0.502. The Kier molecular flexibility index (Phi) is 6.49. The van der Waals surface area contributed by atoms with Crippen molar-refractivity contribution in [3.63, 3.8) is 0 Å². The second-order valence-corrected chi connectivity index (χ2v) is 7.85. The van der Waals surface area contributed by atoms with Crippen LogP contribution >= 0.6 is 0 Å². The number of hydrogen-bond acceptors (Lipinski definition) is 4. The standard InChI is InChI=1S/C18H32N2O4/c1-5-6-15(21)19-14-9-12-23-16(14)13-7-10-20(11-8-13)17(22)24-18(2,3)4/h13-14,16H,5-12H2,1-4H3,(H,19,21)/t14-,16+/m1/s1. The molecule has 0 aliphatic carbocycles. The molecule has 0 unspecified atom stereocenters. The van der Waals surface area contributed by atoms with E-state index < -0.39 is 5.60 Å². The molecule has 2 atom stereocenters. The minimum Gasteiger partial charge on any atom is -0.444 e. The van der Waals surface area contributed by atoms with Crippen LogP contribution in [0.3, 0.4) is 0 Å². The molecular weight excluding hydrogens is 308 g/mol. The van der Waals surface area contributed by atoms with Gasteiger partial charge in [-0.25, -0.2) is 4.79 Å². The lowest BCUT2D eigenvalue weighted by Gasteiger charge is -2.36. The van der Waals surface area contributed by atoms with Crippen molar-refractivity contribution in [1.29, 1.82) is 0 Å². The van der Waals surface area contributed by atoms with Crippen LogP contribution in [0.4, 0.5) is 4.79 Å². The van der Waals surface area contributed by atoms with Gasteiger partial charge in [-0.1, -0.05) is 6.92 Å². The molecule has 0 spiro atoms. The van der Waals surface area contributed by atoms with Crippen molar-refractivity contribution in [1.82, 2.24) is 10.2 Å². The van der Waals surface area contributed by atoms with Crippen molar-refractivity contribution in [2.24, 2.45) is 5.92 Å². The molecule has 0 aromatic carbocycles. The first-order chi connectivity index (χ1) is 11.3. The fraction of sp³-hybridized carbons (Fsp3) is 0.889. The molecule has 0 saturated carbocycles. The summed E-state index contributed by atoms with van der Waals surface area (Å²) in [5.41, 5.74) is -0.461. The van der Waals surface area contributed by atoms with Crippen molar-refractivity contribution in [2.45, 2.75) is 77.5 Å². The molecule has 2 heterocycles. The van der Waals surface area contributed by atoms with Crippen molar-refractivity contribution in [2.75, 3.05) is 19.7 Å². The molecule has 6 heteroatoms. The SMILES string of the molecule is CCCC(=O)N[C@@H]1CCO[C@H]1C1CCN(C(=O)OC(C)(C)C)CC1. The third kappa shape index (κ3) is 5.36. The maximum Gasteiger partial charge on any atom is 0.410 e. The summed E-state index contributed by atoms with van der Waals surface area (Å²) >= 11 is 0. The van der Waals surface area contributed by atoms with Gasteiger partial charge >= 0.3 is 6.09 Å². The molecule has 6 nitrogen and oxygen atoms in total. The van der Waals surface area contributed by atoms with Gasteiger partial charge in [-0.3, -0.25) is 4.79 Å². The van der Waals surface area contributed by atoms with E-state index in [1.807, 2.05) is 27.7 Å². The fourth-order valence-corrected chi connectivity index (χ4v) is 3.47. The Morgan fingerprint density at radius 2 is 1.88 bits per heavy atom. The number of carbonyl (C=O) groups is 2. The van der Waals surface area contributed by atoms with Crippen LogP contribution in [0, 0.1) is 5.92 Å². The maximum absolute atomic E-state index is 12.1. The summed E-state index contributed by atoms with van der Waals surface area (Å²) in [6.07, 6.45) is 3.94. The van der Waals surface area contributed by atoms with Crippen molar-refractivity contribution in [3.8, 4) is 0 Å². The monoisotopic (exact) mass is 340 g/mol. The number of piperidine rings is 1. The first-order valence-corrected chi connectivity index (χ1v) is 9.19. The Bertz CT molecular complexity index is 439. The highest BCUT2D eigenvalue weighted by atomic mass is 16.6. The van der Waals surface area contributed by atoms with Gasteiger partial charge in [-0.15, -0.1) is 0 Å². The average molecular weight is 340 g/mol. The fourth-order valence-electron chi connectivity index (χ4n) is 3.47. The Balaban J connectivity index is 1.82. The number of likely N-dealkylation sites (tertiary alicyclic amines) is 1. The lowest BCUT2D eigenvalue weighted by atomic mass is 9.87. The van der Waals surface area contributed by atoms with E-state index in [1.165, 1.54) is 0 Å². The van der Waals surface area contributed by atoms with Gasteiger partial charge in [0.15, 0.2) is 0 Å². The van der Waals surface area contributed by atoms with E-state index in [2.05, 4.69) is 5.32 Å². The van der Waals surface area contributed by atoms with Gasteiger partial charge in [0.05, 0.1) is 12.1 Å². The molecule has 0 aromatic rings. The molecule has 138 valence electrons. The summed E-state index contributed by atoms with van der Waals surface area (Å²) in [7, 11) is 0. The first-order valence-electron chi connectivity index (χ1n) is 9.19. The van der Waals surface area contributed by atoms with Crippen LogP contribution in [0.15, 0.2) is 0 Å². The zero-order valence-corrected chi connectivity index (χ0v) is 15.5. The average Bonchev–Trinajstić information content (AvgIpc) is 2.94. The maximum atomic E-state index is 12.1. The Labute approximate surface area is 145 Å². The van der Waals surface area contributed by atoms with Crippen LogP contribution in [0.5, 0.6) is 0 Å².